The highest BCUT2D eigenvalue weighted by Crippen LogP contribution is 2.19. The molecule has 0 nitrogen and oxygen atoms in total. The van der Waals surface area contributed by atoms with E-state index < -0.39 is 0 Å². The summed E-state index contributed by atoms with van der Waals surface area (Å²) in [6, 6.07) is 15.1. The average Bonchev–Trinajstić information content (AvgIpc) is 2.35. The van der Waals surface area contributed by atoms with Crippen LogP contribution in [0.25, 0.3) is 10.8 Å². The molecule has 0 heteroatoms. The van der Waals surface area contributed by atoms with Gasteiger partial charge in [0.15, 0.2) is 0 Å². The Bertz CT molecular complexity index is 501. The fraction of sp³-hybridized carbons (Fsp3) is 0.125. The molecule has 0 saturated carbocycles. The lowest BCUT2D eigenvalue weighted by Gasteiger charge is -2.04. The van der Waals surface area contributed by atoms with Crippen LogP contribution >= 0.6 is 0 Å². The van der Waals surface area contributed by atoms with E-state index in [0.29, 0.717) is 0 Å². The van der Waals surface area contributed by atoms with Crippen molar-refractivity contribution in [2.45, 2.75) is 12.8 Å². The van der Waals surface area contributed by atoms with Crippen molar-refractivity contribution in [1.29, 1.82) is 0 Å². The van der Waals surface area contributed by atoms with E-state index in [0.717, 1.165) is 12.8 Å². The van der Waals surface area contributed by atoms with Crippen LogP contribution in [0.4, 0.5) is 0 Å². The SMILES string of the molecule is C=CC=CCCc1cccc2ccccc12. The molecule has 80 valence electrons. The molecular formula is C16H16. The lowest BCUT2D eigenvalue weighted by atomic mass is 10.0. The van der Waals surface area contributed by atoms with Crippen LogP contribution in [0.3, 0.4) is 0 Å². The van der Waals surface area contributed by atoms with Crippen LogP contribution < -0.4 is 0 Å². The number of rotatable bonds is 4. The van der Waals surface area contributed by atoms with Gasteiger partial charge in [-0.3, -0.25) is 0 Å². The van der Waals surface area contributed by atoms with Crippen molar-refractivity contribution in [2.24, 2.45) is 0 Å². The highest BCUT2D eigenvalue weighted by molar-refractivity contribution is 5.85. The predicted octanol–water partition coefficient (Wildman–Crippen LogP) is 4.51. The molecule has 0 saturated heterocycles. The molecule has 16 heavy (non-hydrogen) atoms. The Hall–Kier alpha value is -1.82. The molecule has 0 radical (unpaired) electrons. The zero-order valence-electron chi connectivity index (χ0n) is 9.39. The summed E-state index contributed by atoms with van der Waals surface area (Å²) in [5.74, 6) is 0. The Labute approximate surface area is 96.9 Å². The van der Waals surface area contributed by atoms with Crippen molar-refractivity contribution in [2.75, 3.05) is 0 Å². The van der Waals surface area contributed by atoms with Crippen LogP contribution in [0.5, 0.6) is 0 Å². The minimum atomic E-state index is 1.07. The van der Waals surface area contributed by atoms with E-state index in [-0.39, 0.29) is 0 Å². The maximum absolute atomic E-state index is 3.67. The molecule has 2 rings (SSSR count). The van der Waals surface area contributed by atoms with Crippen LogP contribution in [0, 0.1) is 0 Å². The monoisotopic (exact) mass is 208 g/mol. The summed E-state index contributed by atoms with van der Waals surface area (Å²) < 4.78 is 0. The lowest BCUT2D eigenvalue weighted by molar-refractivity contribution is 1.01. The van der Waals surface area contributed by atoms with Crippen LogP contribution in [0.2, 0.25) is 0 Å². The largest absolute Gasteiger partial charge is 0.0991 e. The Kier molecular flexibility index (Phi) is 3.55. The Morgan fingerprint density at radius 3 is 2.69 bits per heavy atom. The summed E-state index contributed by atoms with van der Waals surface area (Å²) >= 11 is 0. The van der Waals surface area contributed by atoms with Crippen LogP contribution in [0.15, 0.2) is 67.3 Å². The lowest BCUT2D eigenvalue weighted by Crippen LogP contribution is -1.85. The zero-order valence-corrected chi connectivity index (χ0v) is 9.39. The van der Waals surface area contributed by atoms with Gasteiger partial charge in [-0.15, -0.1) is 0 Å². The van der Waals surface area contributed by atoms with E-state index in [4.69, 9.17) is 0 Å². The molecule has 0 heterocycles. The summed E-state index contributed by atoms with van der Waals surface area (Å²) in [6.45, 7) is 3.67. The summed E-state index contributed by atoms with van der Waals surface area (Å²) in [6.07, 6.45) is 8.15. The normalized spacial score (nSPS) is 11.0. The van der Waals surface area contributed by atoms with E-state index in [1.54, 1.807) is 0 Å². The molecule has 0 atom stereocenters. The van der Waals surface area contributed by atoms with Gasteiger partial charge >= 0.3 is 0 Å². The number of aryl methyl sites for hydroxylation is 1. The first-order valence-corrected chi connectivity index (χ1v) is 5.66. The van der Waals surface area contributed by atoms with Crippen LogP contribution in [-0.4, -0.2) is 0 Å². The third-order valence-electron chi connectivity index (χ3n) is 2.73. The fourth-order valence-electron chi connectivity index (χ4n) is 1.94. The van der Waals surface area contributed by atoms with Gasteiger partial charge in [-0.2, -0.15) is 0 Å². The van der Waals surface area contributed by atoms with Gasteiger partial charge < -0.3 is 0 Å². The third-order valence-corrected chi connectivity index (χ3v) is 2.73. The second-order valence-electron chi connectivity index (χ2n) is 3.84. The smallest absolute Gasteiger partial charge is 0.0152 e. The number of hydrogen-bond acceptors (Lipinski definition) is 0. The standard InChI is InChI=1S/C16H16/c1-2-3-4-5-9-14-11-8-12-15-10-6-7-13-16(14)15/h2-4,6-8,10-13H,1,5,9H2. The second-order valence-corrected chi connectivity index (χ2v) is 3.84. The third kappa shape index (κ3) is 2.40. The molecule has 0 aliphatic carbocycles. The Morgan fingerprint density at radius 1 is 1.00 bits per heavy atom. The van der Waals surface area contributed by atoms with E-state index in [1.165, 1.54) is 16.3 Å². The predicted molar refractivity (Wildman–Crippen MR) is 71.6 cm³/mol. The zero-order chi connectivity index (χ0) is 11.2. The molecule has 0 unspecified atom stereocenters. The van der Waals surface area contributed by atoms with E-state index in [2.05, 4.69) is 55.1 Å². The quantitative estimate of drug-likeness (QED) is 0.648. The molecule has 0 fully saturated rings. The minimum Gasteiger partial charge on any atom is -0.0991 e. The van der Waals surface area contributed by atoms with Gasteiger partial charge in [-0.25, -0.2) is 0 Å². The van der Waals surface area contributed by atoms with Crippen molar-refractivity contribution in [3.05, 3.63) is 72.8 Å². The average molecular weight is 208 g/mol. The van der Waals surface area contributed by atoms with Gasteiger partial charge in [0.1, 0.15) is 0 Å². The summed E-state index contributed by atoms with van der Waals surface area (Å²) in [5.41, 5.74) is 1.42. The van der Waals surface area contributed by atoms with Crippen molar-refractivity contribution in [1.82, 2.24) is 0 Å². The molecule has 0 amide bonds. The number of hydrogen-bond donors (Lipinski definition) is 0. The molecule has 0 bridgehead atoms. The van der Waals surface area contributed by atoms with Crippen molar-refractivity contribution >= 4 is 10.8 Å². The van der Waals surface area contributed by atoms with Crippen molar-refractivity contribution < 1.29 is 0 Å². The molecule has 0 spiro atoms. The molecular weight excluding hydrogens is 192 g/mol. The molecule has 0 N–H and O–H groups in total. The minimum absolute atomic E-state index is 1.07. The highest BCUT2D eigenvalue weighted by atomic mass is 14.0. The van der Waals surface area contributed by atoms with Gasteiger partial charge in [-0.05, 0) is 29.2 Å². The summed E-state index contributed by atoms with van der Waals surface area (Å²) in [4.78, 5) is 0. The number of fused-ring (bicyclic) bond motifs is 1. The summed E-state index contributed by atoms with van der Waals surface area (Å²) in [7, 11) is 0. The van der Waals surface area contributed by atoms with Crippen molar-refractivity contribution in [3.63, 3.8) is 0 Å². The van der Waals surface area contributed by atoms with Crippen LogP contribution in [0.1, 0.15) is 12.0 Å². The highest BCUT2D eigenvalue weighted by Gasteiger charge is 1.98. The van der Waals surface area contributed by atoms with Gasteiger partial charge in [0.25, 0.3) is 0 Å². The molecule has 0 aliphatic heterocycles. The van der Waals surface area contributed by atoms with Gasteiger partial charge in [0.2, 0.25) is 0 Å². The first-order valence-electron chi connectivity index (χ1n) is 5.66. The van der Waals surface area contributed by atoms with Crippen molar-refractivity contribution in [3.8, 4) is 0 Å². The maximum Gasteiger partial charge on any atom is -0.0152 e. The second kappa shape index (κ2) is 5.32. The molecule has 2 aromatic carbocycles. The van der Waals surface area contributed by atoms with E-state index >= 15 is 0 Å². The molecule has 0 aromatic heterocycles. The number of allylic oxidation sites excluding steroid dienone is 3. The molecule has 0 aliphatic rings. The van der Waals surface area contributed by atoms with Crippen LogP contribution in [-0.2, 0) is 6.42 Å². The number of benzene rings is 2. The van der Waals surface area contributed by atoms with E-state index in [1.807, 2.05) is 12.2 Å². The fourth-order valence-corrected chi connectivity index (χ4v) is 1.94. The first kappa shape index (κ1) is 10.7. The van der Waals surface area contributed by atoms with Gasteiger partial charge in [0.05, 0.1) is 0 Å². The van der Waals surface area contributed by atoms with Gasteiger partial charge in [-0.1, -0.05) is 67.3 Å². The molecule has 2 aromatic rings. The van der Waals surface area contributed by atoms with E-state index in [9.17, 15) is 0 Å². The Morgan fingerprint density at radius 2 is 1.81 bits per heavy atom. The Balaban J connectivity index is 2.23. The first-order chi connectivity index (χ1) is 7.92. The maximum atomic E-state index is 3.67. The van der Waals surface area contributed by atoms with Gasteiger partial charge in [0, 0.05) is 0 Å². The topological polar surface area (TPSA) is 0 Å². The summed E-state index contributed by atoms with van der Waals surface area (Å²) in [5, 5.41) is 2.70.